The molecule has 0 fully saturated rings. The van der Waals surface area contributed by atoms with E-state index in [1.54, 1.807) is 42.5 Å². The SMILES string of the molecule is CC(C)Cc1nnc(N2C(=O)c3oc4ccc(Cl)cc4c(=O)c3C23C(=O)N(Cc2ccc(F)cc2)c2ccccc23)s1. The Hall–Kier alpha value is -4.41. The summed E-state index contributed by atoms with van der Waals surface area (Å²) < 4.78 is 19.8. The van der Waals surface area contributed by atoms with Crippen molar-refractivity contribution >= 4 is 56.5 Å². The molecular formula is C31H22ClFN4O4S. The van der Waals surface area contributed by atoms with Crippen LogP contribution in [0.1, 0.15) is 46.1 Å². The van der Waals surface area contributed by atoms with Gasteiger partial charge in [0, 0.05) is 17.0 Å². The first-order valence-corrected chi connectivity index (χ1v) is 14.5. The summed E-state index contributed by atoms with van der Waals surface area (Å²) in [6.07, 6.45) is 0.625. The molecule has 0 bridgehead atoms. The van der Waals surface area contributed by atoms with E-state index in [-0.39, 0.29) is 39.9 Å². The van der Waals surface area contributed by atoms with E-state index in [2.05, 4.69) is 10.2 Å². The first kappa shape index (κ1) is 26.5. The van der Waals surface area contributed by atoms with Gasteiger partial charge in [0.15, 0.2) is 11.0 Å². The van der Waals surface area contributed by atoms with Gasteiger partial charge in [-0.1, -0.05) is 67.1 Å². The second-order valence-electron chi connectivity index (χ2n) is 10.7. The smallest absolute Gasteiger partial charge is 0.297 e. The van der Waals surface area contributed by atoms with Gasteiger partial charge in [0.25, 0.3) is 11.8 Å². The minimum absolute atomic E-state index is 0.0781. The van der Waals surface area contributed by atoms with Crippen LogP contribution in [-0.4, -0.2) is 22.0 Å². The minimum Gasteiger partial charge on any atom is -0.450 e. The van der Waals surface area contributed by atoms with Crippen molar-refractivity contribution < 1.29 is 18.4 Å². The van der Waals surface area contributed by atoms with Gasteiger partial charge in [0.05, 0.1) is 23.2 Å². The van der Waals surface area contributed by atoms with E-state index in [0.717, 1.165) is 0 Å². The number of carbonyl (C=O) groups excluding carboxylic acids is 2. The Bertz CT molecular complexity index is 1990. The second-order valence-corrected chi connectivity index (χ2v) is 12.2. The van der Waals surface area contributed by atoms with Gasteiger partial charge >= 0.3 is 0 Å². The van der Waals surface area contributed by atoms with E-state index in [0.29, 0.717) is 33.3 Å². The quantitative estimate of drug-likeness (QED) is 0.242. The average molecular weight is 601 g/mol. The van der Waals surface area contributed by atoms with Crippen molar-refractivity contribution in [2.24, 2.45) is 5.92 Å². The van der Waals surface area contributed by atoms with E-state index in [1.807, 2.05) is 13.8 Å². The van der Waals surface area contributed by atoms with Crippen molar-refractivity contribution in [3.8, 4) is 0 Å². The molecule has 1 spiro atoms. The molecule has 210 valence electrons. The van der Waals surface area contributed by atoms with Gasteiger partial charge in [-0.2, -0.15) is 0 Å². The summed E-state index contributed by atoms with van der Waals surface area (Å²) >= 11 is 7.44. The summed E-state index contributed by atoms with van der Waals surface area (Å²) in [6, 6.07) is 17.4. The Morgan fingerprint density at radius 2 is 1.79 bits per heavy atom. The number of rotatable bonds is 5. The van der Waals surface area contributed by atoms with E-state index in [1.165, 1.54) is 45.4 Å². The molecule has 3 aromatic carbocycles. The fourth-order valence-electron chi connectivity index (χ4n) is 5.83. The van der Waals surface area contributed by atoms with Gasteiger partial charge in [-0.25, -0.2) is 4.39 Å². The Morgan fingerprint density at radius 3 is 2.55 bits per heavy atom. The van der Waals surface area contributed by atoms with Crippen molar-refractivity contribution in [2.45, 2.75) is 32.4 Å². The minimum atomic E-state index is -1.91. The average Bonchev–Trinajstić information content (AvgIpc) is 3.59. The molecule has 2 aliphatic heterocycles. The van der Waals surface area contributed by atoms with E-state index >= 15 is 0 Å². The summed E-state index contributed by atoms with van der Waals surface area (Å²) in [5, 5.41) is 9.97. The van der Waals surface area contributed by atoms with Crippen molar-refractivity contribution in [3.63, 3.8) is 0 Å². The van der Waals surface area contributed by atoms with Crippen LogP contribution in [-0.2, 0) is 23.3 Å². The number of carbonyl (C=O) groups is 2. The third-order valence-electron chi connectivity index (χ3n) is 7.57. The topological polar surface area (TPSA) is 96.6 Å². The maximum absolute atomic E-state index is 14.9. The van der Waals surface area contributed by atoms with Crippen LogP contribution in [0.4, 0.5) is 15.2 Å². The highest BCUT2D eigenvalue weighted by Gasteiger charge is 2.66. The molecule has 0 saturated heterocycles. The Labute approximate surface area is 248 Å². The van der Waals surface area contributed by atoms with Gasteiger partial charge in [0.2, 0.25) is 10.9 Å². The standard InChI is InChI=1S/C31H22ClFN4O4S/c1-16(2)13-24-34-35-30(42-24)37-28(39)27-25(26(38)20-14-18(32)9-12-23(20)41-27)31(37)21-5-3-4-6-22(21)36(29(31)40)15-17-7-10-19(33)11-8-17/h3-12,14,16H,13,15H2,1-2H3. The molecule has 2 aliphatic rings. The van der Waals surface area contributed by atoms with E-state index in [9.17, 15) is 18.8 Å². The van der Waals surface area contributed by atoms with Crippen LogP contribution in [0.5, 0.6) is 0 Å². The maximum Gasteiger partial charge on any atom is 0.297 e. The summed E-state index contributed by atoms with van der Waals surface area (Å²) in [7, 11) is 0. The molecule has 5 aromatic rings. The molecule has 2 amide bonds. The summed E-state index contributed by atoms with van der Waals surface area (Å²) in [5.41, 5.74) is -0.763. The van der Waals surface area contributed by atoms with Crippen LogP contribution in [0.2, 0.25) is 5.02 Å². The van der Waals surface area contributed by atoms with Crippen LogP contribution < -0.4 is 15.2 Å². The molecular weight excluding hydrogens is 579 g/mol. The number of fused-ring (bicyclic) bond motifs is 5. The number of anilines is 2. The monoisotopic (exact) mass is 600 g/mol. The molecule has 1 atom stereocenters. The molecule has 8 nitrogen and oxygen atoms in total. The maximum atomic E-state index is 14.9. The molecule has 42 heavy (non-hydrogen) atoms. The number of halogens is 2. The molecule has 0 radical (unpaired) electrons. The van der Waals surface area contributed by atoms with Gasteiger partial charge in [0.1, 0.15) is 16.4 Å². The van der Waals surface area contributed by atoms with E-state index < -0.39 is 28.6 Å². The summed E-state index contributed by atoms with van der Waals surface area (Å²) in [6.45, 7) is 4.17. The first-order valence-electron chi connectivity index (χ1n) is 13.3. The Morgan fingerprint density at radius 1 is 1.02 bits per heavy atom. The first-order chi connectivity index (χ1) is 20.2. The predicted molar refractivity (Wildman–Crippen MR) is 158 cm³/mol. The zero-order valence-electron chi connectivity index (χ0n) is 22.4. The van der Waals surface area contributed by atoms with Crippen molar-refractivity contribution in [1.82, 2.24) is 10.2 Å². The Balaban J connectivity index is 1.52. The highest BCUT2D eigenvalue weighted by molar-refractivity contribution is 7.15. The molecule has 11 heteroatoms. The lowest BCUT2D eigenvalue weighted by molar-refractivity contribution is -0.121. The van der Waals surface area contributed by atoms with Crippen molar-refractivity contribution in [1.29, 1.82) is 0 Å². The van der Waals surface area contributed by atoms with E-state index in [4.69, 9.17) is 16.0 Å². The molecule has 0 saturated carbocycles. The third kappa shape index (κ3) is 3.75. The number of amides is 2. The Kier molecular flexibility index (Phi) is 6.04. The van der Waals surface area contributed by atoms with Gasteiger partial charge in [-0.3, -0.25) is 19.3 Å². The largest absolute Gasteiger partial charge is 0.450 e. The number of benzene rings is 3. The lowest BCUT2D eigenvalue weighted by Gasteiger charge is -2.32. The lowest BCUT2D eigenvalue weighted by Crippen LogP contribution is -2.53. The molecule has 0 N–H and O–H groups in total. The van der Waals surface area contributed by atoms with Gasteiger partial charge in [-0.05, 0) is 47.9 Å². The molecule has 0 aliphatic carbocycles. The normalized spacial score (nSPS) is 17.6. The summed E-state index contributed by atoms with van der Waals surface area (Å²) in [5.74, 6) is -1.55. The summed E-state index contributed by atoms with van der Waals surface area (Å²) in [4.78, 5) is 46.3. The van der Waals surface area contributed by atoms with Crippen molar-refractivity contribution in [3.05, 3.63) is 115 Å². The van der Waals surface area contributed by atoms with Crippen LogP contribution in [0, 0.1) is 11.7 Å². The highest BCUT2D eigenvalue weighted by Crippen LogP contribution is 2.54. The number of hydrogen-bond donors (Lipinski definition) is 0. The zero-order chi connectivity index (χ0) is 29.3. The van der Waals surface area contributed by atoms with Crippen molar-refractivity contribution in [2.75, 3.05) is 9.80 Å². The van der Waals surface area contributed by atoms with Gasteiger partial charge in [-0.15, -0.1) is 10.2 Å². The molecule has 1 unspecified atom stereocenters. The molecule has 7 rings (SSSR count). The predicted octanol–water partition coefficient (Wildman–Crippen LogP) is 6.09. The van der Waals surface area contributed by atoms with Crippen LogP contribution in [0.15, 0.2) is 75.9 Å². The number of para-hydroxylation sites is 1. The van der Waals surface area contributed by atoms with Gasteiger partial charge < -0.3 is 9.32 Å². The molecule has 2 aromatic heterocycles. The zero-order valence-corrected chi connectivity index (χ0v) is 24.0. The number of hydrogen-bond acceptors (Lipinski definition) is 7. The highest BCUT2D eigenvalue weighted by atomic mass is 35.5. The van der Waals surface area contributed by atoms with Crippen LogP contribution in [0.3, 0.4) is 0 Å². The third-order valence-corrected chi connectivity index (χ3v) is 8.74. The molecule has 4 heterocycles. The second kappa shape index (κ2) is 9.57. The number of aromatic nitrogens is 2. The lowest BCUT2D eigenvalue weighted by atomic mass is 9.84. The van der Waals surface area contributed by atoms with Crippen LogP contribution >= 0.6 is 22.9 Å². The fourth-order valence-corrected chi connectivity index (χ4v) is 7.11. The number of nitrogens with zero attached hydrogens (tertiary/aromatic N) is 4. The fraction of sp³-hybridized carbons (Fsp3) is 0.194. The van der Waals surface area contributed by atoms with Crippen LogP contribution in [0.25, 0.3) is 11.0 Å².